The van der Waals surface area contributed by atoms with Crippen LogP contribution in [0.15, 0.2) is 35.3 Å². The molecule has 0 aliphatic carbocycles. The quantitative estimate of drug-likeness (QED) is 0.564. The van der Waals surface area contributed by atoms with Crippen LogP contribution in [0.5, 0.6) is 5.75 Å². The van der Waals surface area contributed by atoms with Crippen LogP contribution in [0.1, 0.15) is 29.6 Å². The Morgan fingerprint density at radius 2 is 1.92 bits per heavy atom. The number of carbonyl (C=O) groups is 2. The third-order valence-electron chi connectivity index (χ3n) is 3.44. The van der Waals surface area contributed by atoms with E-state index in [1.165, 1.54) is 16.7 Å². The Morgan fingerprint density at radius 1 is 1.17 bits per heavy atom. The molecule has 2 heterocycles. The fourth-order valence-electron chi connectivity index (χ4n) is 2.23. The molecule has 124 valence electrons. The largest absolute Gasteiger partial charge is 0.492 e. The van der Waals surface area contributed by atoms with Crippen molar-refractivity contribution >= 4 is 25.1 Å². The Hall–Kier alpha value is -2.77. The van der Waals surface area contributed by atoms with Gasteiger partial charge in [0.2, 0.25) is 0 Å². The molecular formula is C16H17BN2O5. The molecule has 0 aliphatic heterocycles. The van der Waals surface area contributed by atoms with Gasteiger partial charge in [0.05, 0.1) is 12.8 Å². The molecule has 0 saturated heterocycles. The highest BCUT2D eigenvalue weighted by atomic mass is 16.5. The molecule has 2 N–H and O–H groups in total. The van der Waals surface area contributed by atoms with Gasteiger partial charge < -0.3 is 15.2 Å². The summed E-state index contributed by atoms with van der Waals surface area (Å²) in [7, 11) is 4.96. The molecule has 2 radical (unpaired) electrons. The molecule has 2 rings (SSSR count). The van der Waals surface area contributed by atoms with E-state index in [1.807, 2.05) is 0 Å². The van der Waals surface area contributed by atoms with Crippen molar-refractivity contribution in [3.8, 4) is 5.75 Å². The zero-order valence-electron chi connectivity index (χ0n) is 13.0. The molecule has 7 nitrogen and oxygen atoms in total. The Kier molecular flexibility index (Phi) is 6.00. The first kappa shape index (κ1) is 17.6. The molecule has 0 saturated carbocycles. The van der Waals surface area contributed by atoms with Crippen molar-refractivity contribution in [2.45, 2.75) is 19.3 Å². The van der Waals surface area contributed by atoms with Gasteiger partial charge in [-0.25, -0.2) is 4.79 Å². The number of pyridine rings is 2. The lowest BCUT2D eigenvalue weighted by molar-refractivity contribution is 0.0694. The van der Waals surface area contributed by atoms with Crippen LogP contribution in [0.4, 0.5) is 4.79 Å². The number of carbonyl (C=O) groups excluding carboxylic acids is 1. The van der Waals surface area contributed by atoms with Crippen LogP contribution < -0.4 is 15.6 Å². The standard InChI is InChI=1S/C16H17BN2O5/c17-16(23)18-8-2-1-3-9-24-12-6-4-11-5-7-13(15(21)22)14(20)19(11)10-12/h4-7,10H,1-3,8-9H2,(H,18,23)(H,21,22). The average molecular weight is 328 g/mol. The molecule has 0 unspecified atom stereocenters. The summed E-state index contributed by atoms with van der Waals surface area (Å²) >= 11 is 0. The van der Waals surface area contributed by atoms with Gasteiger partial charge in [-0.05, 0) is 43.5 Å². The van der Waals surface area contributed by atoms with Crippen molar-refractivity contribution < 1.29 is 19.4 Å². The molecule has 2 aromatic heterocycles. The van der Waals surface area contributed by atoms with Crippen molar-refractivity contribution in [2.75, 3.05) is 13.2 Å². The lowest BCUT2D eigenvalue weighted by atomic mass is 10.1. The van der Waals surface area contributed by atoms with Gasteiger partial charge >= 0.3 is 5.97 Å². The minimum absolute atomic E-state index is 0.286. The predicted octanol–water partition coefficient (Wildman–Crippen LogP) is 1.42. The second kappa shape index (κ2) is 8.19. The number of aromatic nitrogens is 1. The van der Waals surface area contributed by atoms with Gasteiger partial charge in [-0.15, -0.1) is 0 Å². The van der Waals surface area contributed by atoms with Crippen LogP contribution in [0.25, 0.3) is 5.52 Å². The third-order valence-corrected chi connectivity index (χ3v) is 3.44. The van der Waals surface area contributed by atoms with Crippen LogP contribution in [0.2, 0.25) is 0 Å². The maximum atomic E-state index is 12.1. The minimum Gasteiger partial charge on any atom is -0.492 e. The third kappa shape index (κ3) is 4.61. The number of rotatable bonds is 8. The van der Waals surface area contributed by atoms with Gasteiger partial charge in [-0.2, -0.15) is 0 Å². The van der Waals surface area contributed by atoms with Crippen molar-refractivity contribution in [2.24, 2.45) is 0 Å². The summed E-state index contributed by atoms with van der Waals surface area (Å²) in [5.74, 6) is -1.30. The number of amides is 1. The van der Waals surface area contributed by atoms with E-state index in [1.54, 1.807) is 18.2 Å². The molecule has 0 aliphatic rings. The molecule has 8 heteroatoms. The van der Waals surface area contributed by atoms with Gasteiger partial charge in [-0.3, -0.25) is 14.0 Å². The minimum atomic E-state index is -1.26. The monoisotopic (exact) mass is 328 g/mol. The highest BCUT2D eigenvalue weighted by Gasteiger charge is 2.10. The zero-order chi connectivity index (χ0) is 17.5. The van der Waals surface area contributed by atoms with Gasteiger partial charge in [-0.1, -0.05) is 0 Å². The molecule has 0 fully saturated rings. The number of unbranched alkanes of at least 4 members (excludes halogenated alkanes) is 2. The number of nitrogens with one attached hydrogen (secondary N) is 1. The van der Waals surface area contributed by atoms with E-state index in [4.69, 9.17) is 17.7 Å². The summed E-state index contributed by atoms with van der Waals surface area (Å²) in [6.07, 6.45) is 3.92. The van der Waals surface area contributed by atoms with E-state index in [2.05, 4.69) is 5.32 Å². The molecule has 0 spiro atoms. The van der Waals surface area contributed by atoms with Gasteiger partial charge in [0.25, 0.3) is 5.56 Å². The van der Waals surface area contributed by atoms with Crippen LogP contribution in [0, 0.1) is 0 Å². The number of aromatic carboxylic acids is 1. The van der Waals surface area contributed by atoms with E-state index in [-0.39, 0.29) is 5.56 Å². The maximum Gasteiger partial charge on any atom is 0.341 e. The number of carboxylic acids is 1. The summed E-state index contributed by atoms with van der Waals surface area (Å²) < 4.78 is 6.84. The van der Waals surface area contributed by atoms with E-state index in [9.17, 15) is 14.4 Å². The summed E-state index contributed by atoms with van der Waals surface area (Å²) in [6.45, 7) is 0.980. The molecule has 0 bridgehead atoms. The molecule has 1 amide bonds. The normalized spacial score (nSPS) is 10.5. The first-order chi connectivity index (χ1) is 11.5. The van der Waals surface area contributed by atoms with E-state index >= 15 is 0 Å². The maximum absolute atomic E-state index is 12.1. The number of fused-ring (bicyclic) bond motifs is 1. The molecule has 0 aromatic carbocycles. The number of nitrogens with zero attached hydrogens (tertiary/aromatic N) is 1. The van der Waals surface area contributed by atoms with Crippen molar-refractivity contribution in [3.63, 3.8) is 0 Å². The van der Waals surface area contributed by atoms with Crippen LogP contribution >= 0.6 is 0 Å². The molecule has 2 aromatic rings. The highest BCUT2D eigenvalue weighted by Crippen LogP contribution is 2.13. The van der Waals surface area contributed by atoms with Crippen molar-refractivity contribution in [3.05, 3.63) is 46.4 Å². The fourth-order valence-corrected chi connectivity index (χ4v) is 2.23. The highest BCUT2D eigenvalue weighted by molar-refractivity contribution is 6.57. The van der Waals surface area contributed by atoms with Crippen molar-refractivity contribution in [1.82, 2.24) is 9.72 Å². The number of carboxylic acid groups (broad SMARTS) is 1. The van der Waals surface area contributed by atoms with Gasteiger partial charge in [0.1, 0.15) is 11.3 Å². The Morgan fingerprint density at radius 3 is 2.62 bits per heavy atom. The SMILES string of the molecule is [B]C(=O)NCCCCCOc1ccc2ccc(C(=O)O)c(=O)n2c1. The Bertz CT molecular complexity index is 803. The second-order valence-corrected chi connectivity index (χ2v) is 5.22. The second-order valence-electron chi connectivity index (χ2n) is 5.22. The number of hydrogen-bond acceptors (Lipinski definition) is 4. The molecule has 0 atom stereocenters. The Labute approximate surface area is 139 Å². The van der Waals surface area contributed by atoms with Gasteiger partial charge in [0.15, 0.2) is 13.7 Å². The van der Waals surface area contributed by atoms with E-state index in [0.29, 0.717) is 24.4 Å². The molecule has 24 heavy (non-hydrogen) atoms. The predicted molar refractivity (Wildman–Crippen MR) is 89.1 cm³/mol. The number of ether oxygens (including phenoxy) is 1. The first-order valence-corrected chi connectivity index (χ1v) is 7.54. The summed E-state index contributed by atoms with van der Waals surface area (Å²) in [6, 6.07) is 6.28. The van der Waals surface area contributed by atoms with E-state index in [0.717, 1.165) is 19.3 Å². The van der Waals surface area contributed by atoms with Gasteiger partial charge in [0, 0.05) is 12.1 Å². The van der Waals surface area contributed by atoms with Crippen LogP contribution in [0.3, 0.4) is 0 Å². The summed E-state index contributed by atoms with van der Waals surface area (Å²) in [5, 5.41) is 11.5. The summed E-state index contributed by atoms with van der Waals surface area (Å²) in [5.41, 5.74) is -0.288. The Balaban J connectivity index is 1.93. The zero-order valence-corrected chi connectivity index (χ0v) is 13.0. The fraction of sp³-hybridized carbons (Fsp3) is 0.312. The topological polar surface area (TPSA) is 97.1 Å². The smallest absolute Gasteiger partial charge is 0.341 e. The summed E-state index contributed by atoms with van der Waals surface area (Å²) in [4.78, 5) is 33.6. The lowest BCUT2D eigenvalue weighted by Gasteiger charge is -2.09. The first-order valence-electron chi connectivity index (χ1n) is 7.54. The lowest BCUT2D eigenvalue weighted by Crippen LogP contribution is -2.22. The van der Waals surface area contributed by atoms with Crippen LogP contribution in [-0.2, 0) is 0 Å². The number of hydrogen-bond donors (Lipinski definition) is 2. The van der Waals surface area contributed by atoms with Crippen LogP contribution in [-0.4, -0.2) is 42.3 Å². The molecular weight excluding hydrogens is 311 g/mol. The average Bonchev–Trinajstić information content (AvgIpc) is 2.54. The van der Waals surface area contributed by atoms with Crippen molar-refractivity contribution in [1.29, 1.82) is 0 Å². The van der Waals surface area contributed by atoms with E-state index < -0.39 is 17.3 Å².